The lowest BCUT2D eigenvalue weighted by atomic mass is 10.0. The zero-order valence-corrected chi connectivity index (χ0v) is 13.3. The molecule has 7 nitrogen and oxygen atoms in total. The first-order valence-electron chi connectivity index (χ1n) is 7.26. The largest absolute Gasteiger partial charge is 0.468 e. The highest BCUT2D eigenvalue weighted by molar-refractivity contribution is 5.93. The van der Waals surface area contributed by atoms with Crippen molar-refractivity contribution in [2.75, 3.05) is 20.8 Å². The molecule has 1 aromatic carbocycles. The van der Waals surface area contributed by atoms with Gasteiger partial charge in [-0.25, -0.2) is 4.79 Å². The summed E-state index contributed by atoms with van der Waals surface area (Å²) in [5.41, 5.74) is 6.57. The first kappa shape index (κ1) is 18.6. The van der Waals surface area contributed by atoms with E-state index in [1.54, 1.807) is 24.3 Å². The molecule has 0 heterocycles. The number of hydrogen-bond acceptors (Lipinski definition) is 6. The zero-order valence-electron chi connectivity index (χ0n) is 13.3. The maximum Gasteiger partial charge on any atom is 0.338 e. The summed E-state index contributed by atoms with van der Waals surface area (Å²) in [5, 5.41) is 2.73. The van der Waals surface area contributed by atoms with E-state index in [0.29, 0.717) is 30.5 Å². The van der Waals surface area contributed by atoms with Crippen LogP contribution in [0.3, 0.4) is 0 Å². The van der Waals surface area contributed by atoms with Crippen molar-refractivity contribution in [2.45, 2.75) is 25.3 Å². The van der Waals surface area contributed by atoms with Crippen LogP contribution in [0.15, 0.2) is 24.3 Å². The topological polar surface area (TPSA) is 108 Å². The van der Waals surface area contributed by atoms with Gasteiger partial charge in [0.15, 0.2) is 0 Å². The molecule has 0 aliphatic rings. The monoisotopic (exact) mass is 322 g/mol. The molecule has 3 N–H and O–H groups in total. The van der Waals surface area contributed by atoms with Gasteiger partial charge < -0.3 is 20.5 Å². The first-order chi connectivity index (χ1) is 11.0. The maximum atomic E-state index is 11.9. The van der Waals surface area contributed by atoms with Crippen molar-refractivity contribution in [3.8, 4) is 0 Å². The van der Waals surface area contributed by atoms with E-state index in [1.165, 1.54) is 14.2 Å². The van der Waals surface area contributed by atoms with Crippen LogP contribution in [0.2, 0.25) is 0 Å². The average Bonchev–Trinajstić information content (AvgIpc) is 2.57. The van der Waals surface area contributed by atoms with Crippen LogP contribution in [0.5, 0.6) is 0 Å². The number of esters is 2. The van der Waals surface area contributed by atoms with E-state index in [-0.39, 0.29) is 12.3 Å². The van der Waals surface area contributed by atoms with Crippen molar-refractivity contribution in [2.24, 2.45) is 5.73 Å². The highest BCUT2D eigenvalue weighted by Crippen LogP contribution is 2.11. The molecule has 0 aliphatic heterocycles. The molecular weight excluding hydrogens is 300 g/mol. The number of rotatable bonds is 8. The fourth-order valence-electron chi connectivity index (χ4n) is 2.04. The van der Waals surface area contributed by atoms with Gasteiger partial charge in [-0.2, -0.15) is 0 Å². The Morgan fingerprint density at radius 1 is 1.17 bits per heavy atom. The summed E-state index contributed by atoms with van der Waals surface area (Å²) in [4.78, 5) is 34.7. The average molecular weight is 322 g/mol. The summed E-state index contributed by atoms with van der Waals surface area (Å²) in [5.74, 6) is -1.16. The molecule has 1 atom stereocenters. The van der Waals surface area contributed by atoms with E-state index in [0.717, 1.165) is 0 Å². The van der Waals surface area contributed by atoms with Crippen LogP contribution in [0.1, 0.15) is 28.8 Å². The van der Waals surface area contributed by atoms with Crippen LogP contribution in [-0.4, -0.2) is 44.7 Å². The molecule has 126 valence electrons. The van der Waals surface area contributed by atoms with Gasteiger partial charge in [-0.3, -0.25) is 9.59 Å². The molecule has 1 aromatic rings. The lowest BCUT2D eigenvalue weighted by Gasteiger charge is -2.10. The molecule has 0 saturated heterocycles. The minimum Gasteiger partial charge on any atom is -0.468 e. The van der Waals surface area contributed by atoms with Gasteiger partial charge in [0, 0.05) is 6.54 Å². The van der Waals surface area contributed by atoms with Crippen molar-refractivity contribution >= 4 is 17.8 Å². The predicted octanol–water partition coefficient (Wildman–Crippen LogP) is 0.412. The number of nitrogens with one attached hydrogen (secondary N) is 1. The van der Waals surface area contributed by atoms with Gasteiger partial charge in [0.25, 0.3) is 0 Å². The standard InChI is InChI=1S/C16H22N2O5/c1-22-15(20)12-7-4-3-6-11(12)10-14(19)18-9-5-8-13(17)16(21)23-2/h3-4,6-7,13H,5,8-10,17H2,1-2H3,(H,18,19)/t13-/m0/s1. The molecule has 0 fully saturated rings. The van der Waals surface area contributed by atoms with Crippen LogP contribution < -0.4 is 11.1 Å². The minimum absolute atomic E-state index is 0.0777. The van der Waals surface area contributed by atoms with E-state index in [1.807, 2.05) is 0 Å². The molecule has 0 aliphatic carbocycles. The third-order valence-corrected chi connectivity index (χ3v) is 3.29. The summed E-state index contributed by atoms with van der Waals surface area (Å²) >= 11 is 0. The third kappa shape index (κ3) is 6.07. The molecule has 7 heteroatoms. The van der Waals surface area contributed by atoms with Gasteiger partial charge in [0.05, 0.1) is 26.2 Å². The van der Waals surface area contributed by atoms with E-state index in [2.05, 4.69) is 14.8 Å². The number of nitrogens with two attached hydrogens (primary N) is 1. The molecule has 0 aromatic heterocycles. The molecule has 1 amide bonds. The second-order valence-electron chi connectivity index (χ2n) is 4.95. The van der Waals surface area contributed by atoms with E-state index < -0.39 is 18.0 Å². The Morgan fingerprint density at radius 3 is 2.52 bits per heavy atom. The maximum absolute atomic E-state index is 11.9. The zero-order chi connectivity index (χ0) is 17.2. The van der Waals surface area contributed by atoms with Gasteiger partial charge >= 0.3 is 11.9 Å². The van der Waals surface area contributed by atoms with Crippen molar-refractivity contribution in [3.63, 3.8) is 0 Å². The lowest BCUT2D eigenvalue weighted by Crippen LogP contribution is -2.33. The Hall–Kier alpha value is -2.41. The molecular formula is C16H22N2O5. The van der Waals surface area contributed by atoms with Crippen molar-refractivity contribution < 1.29 is 23.9 Å². The van der Waals surface area contributed by atoms with Crippen LogP contribution in [0, 0.1) is 0 Å². The summed E-state index contributed by atoms with van der Waals surface area (Å²) in [6, 6.07) is 6.10. The number of amides is 1. The number of hydrogen-bond donors (Lipinski definition) is 2. The summed E-state index contributed by atoms with van der Waals surface area (Å²) in [6.07, 6.45) is 1.06. The molecule has 0 radical (unpaired) electrons. The number of methoxy groups -OCH3 is 2. The fraction of sp³-hybridized carbons (Fsp3) is 0.438. The van der Waals surface area contributed by atoms with Crippen molar-refractivity contribution in [3.05, 3.63) is 35.4 Å². The molecule has 1 rings (SSSR count). The Kier molecular flexibility index (Phi) is 7.76. The number of carbonyl (C=O) groups excluding carboxylic acids is 3. The highest BCUT2D eigenvalue weighted by atomic mass is 16.5. The number of ether oxygens (including phenoxy) is 2. The van der Waals surface area contributed by atoms with E-state index in [9.17, 15) is 14.4 Å². The third-order valence-electron chi connectivity index (χ3n) is 3.29. The quantitative estimate of drug-likeness (QED) is 0.530. The molecule has 0 bridgehead atoms. The first-order valence-corrected chi connectivity index (χ1v) is 7.26. The molecule has 0 spiro atoms. The second-order valence-corrected chi connectivity index (χ2v) is 4.95. The second kappa shape index (κ2) is 9.58. The molecule has 23 heavy (non-hydrogen) atoms. The predicted molar refractivity (Wildman–Crippen MR) is 83.7 cm³/mol. The SMILES string of the molecule is COC(=O)c1ccccc1CC(=O)NCCC[C@H](N)C(=O)OC. The van der Waals surface area contributed by atoms with E-state index >= 15 is 0 Å². The number of carbonyl (C=O) groups is 3. The smallest absolute Gasteiger partial charge is 0.338 e. The molecule has 0 unspecified atom stereocenters. The Balaban J connectivity index is 2.43. The van der Waals surface area contributed by atoms with Crippen molar-refractivity contribution in [1.29, 1.82) is 0 Å². The Bertz CT molecular complexity index is 559. The van der Waals surface area contributed by atoms with Crippen LogP contribution in [-0.2, 0) is 25.5 Å². The lowest BCUT2D eigenvalue weighted by molar-refractivity contribution is -0.142. The summed E-state index contributed by atoms with van der Waals surface area (Å²) in [7, 11) is 2.58. The van der Waals surface area contributed by atoms with Crippen LogP contribution in [0.4, 0.5) is 0 Å². The summed E-state index contributed by atoms with van der Waals surface area (Å²) < 4.78 is 9.21. The van der Waals surface area contributed by atoms with Gasteiger partial charge in [-0.05, 0) is 24.5 Å². The minimum atomic E-state index is -0.683. The van der Waals surface area contributed by atoms with Gasteiger partial charge in [0.1, 0.15) is 6.04 Å². The Labute approximate surface area is 135 Å². The highest BCUT2D eigenvalue weighted by Gasteiger charge is 2.15. The van der Waals surface area contributed by atoms with Crippen molar-refractivity contribution in [1.82, 2.24) is 5.32 Å². The van der Waals surface area contributed by atoms with Gasteiger partial charge in [-0.15, -0.1) is 0 Å². The normalized spacial score (nSPS) is 11.4. The number of benzene rings is 1. The Morgan fingerprint density at radius 2 is 1.87 bits per heavy atom. The van der Waals surface area contributed by atoms with Gasteiger partial charge in [-0.1, -0.05) is 18.2 Å². The van der Waals surface area contributed by atoms with Crippen LogP contribution in [0.25, 0.3) is 0 Å². The fourth-order valence-corrected chi connectivity index (χ4v) is 2.04. The van der Waals surface area contributed by atoms with Gasteiger partial charge in [0.2, 0.25) is 5.91 Å². The van der Waals surface area contributed by atoms with Crippen LogP contribution >= 0.6 is 0 Å². The van der Waals surface area contributed by atoms with E-state index in [4.69, 9.17) is 5.73 Å². The summed E-state index contributed by atoms with van der Waals surface area (Å²) in [6.45, 7) is 0.393. The molecule has 0 saturated carbocycles.